The molecule has 1 aromatic heterocycles. The molecule has 7 heteroatoms. The van der Waals surface area contributed by atoms with Crippen LogP contribution >= 0.6 is 11.3 Å². The van der Waals surface area contributed by atoms with Crippen LogP contribution < -0.4 is 14.3 Å². The van der Waals surface area contributed by atoms with Gasteiger partial charge in [0.2, 0.25) is 0 Å². The molecule has 0 spiro atoms. The van der Waals surface area contributed by atoms with E-state index in [0.29, 0.717) is 21.9 Å². The summed E-state index contributed by atoms with van der Waals surface area (Å²) >= 11 is 1.20. The van der Waals surface area contributed by atoms with Gasteiger partial charge in [-0.3, -0.25) is 4.79 Å². The molecule has 0 unspecified atom stereocenters. The molecule has 5 nitrogen and oxygen atoms in total. The fraction of sp³-hybridized carbons (Fsp3) is 0.200. The zero-order valence-electron chi connectivity index (χ0n) is 14.6. The minimum Gasteiger partial charge on any atom is -0.494 e. The van der Waals surface area contributed by atoms with Crippen molar-refractivity contribution >= 4 is 27.5 Å². The van der Waals surface area contributed by atoms with E-state index in [1.807, 2.05) is 6.92 Å². The molecule has 1 amide bonds. The van der Waals surface area contributed by atoms with Crippen LogP contribution in [0.1, 0.15) is 6.92 Å². The van der Waals surface area contributed by atoms with Gasteiger partial charge in [0.1, 0.15) is 17.3 Å². The zero-order chi connectivity index (χ0) is 19.2. The summed E-state index contributed by atoms with van der Waals surface area (Å²) in [7, 11) is 0. The standard InChI is InChI=1S/C20H17FN2O3S/c1-3-11-23-17-10-5-14(21)12-18(17)27-20(23)22-19(24)13-26-16-8-6-15(7-9-16)25-4-2/h1,5-10,12H,4,11,13H2,2H3. The van der Waals surface area contributed by atoms with Crippen molar-refractivity contribution in [1.29, 1.82) is 0 Å². The number of carbonyl (C=O) groups excluding carboxylic acids is 1. The Balaban J connectivity index is 1.78. The molecular formula is C20H17FN2O3S. The van der Waals surface area contributed by atoms with Crippen molar-refractivity contribution < 1.29 is 18.7 Å². The van der Waals surface area contributed by atoms with Gasteiger partial charge in [-0.1, -0.05) is 17.3 Å². The Labute approximate surface area is 159 Å². The maximum absolute atomic E-state index is 13.4. The van der Waals surface area contributed by atoms with Gasteiger partial charge >= 0.3 is 0 Å². The van der Waals surface area contributed by atoms with Crippen LogP contribution in [0, 0.1) is 18.2 Å². The van der Waals surface area contributed by atoms with Gasteiger partial charge in [-0.05, 0) is 49.4 Å². The van der Waals surface area contributed by atoms with Crippen molar-refractivity contribution in [3.05, 3.63) is 53.1 Å². The third kappa shape index (κ3) is 4.54. The summed E-state index contributed by atoms with van der Waals surface area (Å²) in [4.78, 5) is 16.7. The summed E-state index contributed by atoms with van der Waals surface area (Å²) in [6.45, 7) is 2.50. The predicted octanol–water partition coefficient (Wildman–Crippen LogP) is 3.38. The molecule has 0 radical (unpaired) electrons. The first-order valence-corrected chi connectivity index (χ1v) is 9.08. The van der Waals surface area contributed by atoms with Crippen molar-refractivity contribution in [2.45, 2.75) is 13.5 Å². The van der Waals surface area contributed by atoms with Crippen LogP contribution in [0.3, 0.4) is 0 Å². The number of hydrogen-bond acceptors (Lipinski definition) is 4. The fourth-order valence-electron chi connectivity index (χ4n) is 2.46. The summed E-state index contributed by atoms with van der Waals surface area (Å²) in [5.41, 5.74) is 0.735. The number of halogens is 1. The highest BCUT2D eigenvalue weighted by Crippen LogP contribution is 2.19. The van der Waals surface area contributed by atoms with Crippen molar-refractivity contribution in [3.8, 4) is 23.8 Å². The lowest BCUT2D eigenvalue weighted by Crippen LogP contribution is -2.19. The van der Waals surface area contributed by atoms with Crippen molar-refractivity contribution in [1.82, 2.24) is 4.57 Å². The molecule has 0 aliphatic rings. The first-order valence-electron chi connectivity index (χ1n) is 8.26. The third-order valence-corrected chi connectivity index (χ3v) is 4.65. The van der Waals surface area contributed by atoms with Gasteiger partial charge in [-0.25, -0.2) is 4.39 Å². The Kier molecular flexibility index (Phi) is 5.89. The van der Waals surface area contributed by atoms with E-state index < -0.39 is 5.91 Å². The lowest BCUT2D eigenvalue weighted by Gasteiger charge is -2.05. The number of fused-ring (bicyclic) bond motifs is 1. The number of thiazole rings is 1. The molecule has 27 heavy (non-hydrogen) atoms. The molecule has 0 N–H and O–H groups in total. The van der Waals surface area contributed by atoms with E-state index in [2.05, 4.69) is 10.9 Å². The first-order chi connectivity index (χ1) is 13.1. The largest absolute Gasteiger partial charge is 0.494 e. The van der Waals surface area contributed by atoms with E-state index in [1.165, 1.54) is 23.5 Å². The van der Waals surface area contributed by atoms with Gasteiger partial charge in [0.15, 0.2) is 11.4 Å². The van der Waals surface area contributed by atoms with Gasteiger partial charge in [0.05, 0.1) is 23.4 Å². The monoisotopic (exact) mass is 384 g/mol. The van der Waals surface area contributed by atoms with Crippen molar-refractivity contribution in [2.24, 2.45) is 4.99 Å². The highest BCUT2D eigenvalue weighted by molar-refractivity contribution is 7.16. The van der Waals surface area contributed by atoms with Crippen LogP contribution in [0.4, 0.5) is 4.39 Å². The van der Waals surface area contributed by atoms with Gasteiger partial charge in [-0.2, -0.15) is 4.99 Å². The molecule has 0 saturated heterocycles. The fourth-order valence-corrected chi connectivity index (χ4v) is 3.53. The van der Waals surface area contributed by atoms with Gasteiger partial charge < -0.3 is 14.0 Å². The van der Waals surface area contributed by atoms with Gasteiger partial charge in [0, 0.05) is 0 Å². The molecule has 0 bridgehead atoms. The molecule has 0 fully saturated rings. The highest BCUT2D eigenvalue weighted by atomic mass is 32.1. The van der Waals surface area contributed by atoms with E-state index in [-0.39, 0.29) is 19.0 Å². The second-order valence-corrected chi connectivity index (χ2v) is 6.49. The number of carbonyl (C=O) groups is 1. The summed E-state index contributed by atoms with van der Waals surface area (Å²) in [5, 5.41) is 0. The number of ether oxygens (including phenoxy) is 2. The molecule has 0 atom stereocenters. The third-order valence-electron chi connectivity index (χ3n) is 3.61. The average molecular weight is 384 g/mol. The highest BCUT2D eigenvalue weighted by Gasteiger charge is 2.09. The summed E-state index contributed by atoms with van der Waals surface area (Å²) in [6.07, 6.45) is 5.41. The Bertz CT molecular complexity index is 1060. The van der Waals surface area contributed by atoms with Crippen molar-refractivity contribution in [2.75, 3.05) is 13.2 Å². The van der Waals surface area contributed by atoms with Crippen molar-refractivity contribution in [3.63, 3.8) is 0 Å². The summed E-state index contributed by atoms with van der Waals surface area (Å²) < 4.78 is 26.6. The molecule has 1 heterocycles. The normalized spacial score (nSPS) is 11.4. The summed E-state index contributed by atoms with van der Waals surface area (Å²) in [6, 6.07) is 11.3. The van der Waals surface area contributed by atoms with E-state index in [0.717, 1.165) is 11.3 Å². The minimum absolute atomic E-state index is 0.216. The Morgan fingerprint density at radius 3 is 2.59 bits per heavy atom. The lowest BCUT2D eigenvalue weighted by atomic mass is 10.3. The molecule has 3 rings (SSSR count). The molecule has 0 saturated carbocycles. The van der Waals surface area contributed by atoms with Crippen LogP contribution in [-0.2, 0) is 11.3 Å². The van der Waals surface area contributed by atoms with Crippen LogP contribution in [-0.4, -0.2) is 23.7 Å². The second kappa shape index (κ2) is 8.52. The molecule has 0 aliphatic carbocycles. The van der Waals surface area contributed by atoms with Gasteiger partial charge in [-0.15, -0.1) is 6.42 Å². The second-order valence-electron chi connectivity index (χ2n) is 5.49. The van der Waals surface area contributed by atoms with E-state index in [4.69, 9.17) is 15.9 Å². The number of aromatic nitrogens is 1. The van der Waals surface area contributed by atoms with Crippen LogP contribution in [0.2, 0.25) is 0 Å². The summed E-state index contributed by atoms with van der Waals surface area (Å²) in [5.74, 6) is 2.98. The number of amides is 1. The Morgan fingerprint density at radius 2 is 1.93 bits per heavy atom. The van der Waals surface area contributed by atoms with E-state index in [9.17, 15) is 9.18 Å². The smallest absolute Gasteiger partial charge is 0.286 e. The SMILES string of the molecule is C#CCn1c(=NC(=O)COc2ccc(OCC)cc2)sc2cc(F)ccc21. The zero-order valence-corrected chi connectivity index (χ0v) is 15.5. The van der Waals surface area contributed by atoms with Gasteiger partial charge in [0.25, 0.3) is 5.91 Å². The number of terminal acetylenes is 1. The van der Waals surface area contributed by atoms with E-state index >= 15 is 0 Å². The quantitative estimate of drug-likeness (QED) is 0.612. The number of rotatable bonds is 6. The minimum atomic E-state index is -0.457. The Hall–Kier alpha value is -3.11. The van der Waals surface area contributed by atoms with Crippen LogP contribution in [0.5, 0.6) is 11.5 Å². The maximum Gasteiger partial charge on any atom is 0.286 e. The predicted molar refractivity (Wildman–Crippen MR) is 102 cm³/mol. The Morgan fingerprint density at radius 1 is 1.22 bits per heavy atom. The number of hydrogen-bond donors (Lipinski definition) is 0. The topological polar surface area (TPSA) is 52.8 Å². The molecular weight excluding hydrogens is 367 g/mol. The van der Waals surface area contributed by atoms with Crippen LogP contribution in [0.25, 0.3) is 10.2 Å². The molecule has 2 aromatic carbocycles. The number of benzene rings is 2. The number of nitrogens with zero attached hydrogens (tertiary/aromatic N) is 2. The molecule has 3 aromatic rings. The lowest BCUT2D eigenvalue weighted by molar-refractivity contribution is -0.120. The molecule has 0 aliphatic heterocycles. The van der Waals surface area contributed by atoms with Crippen LogP contribution in [0.15, 0.2) is 47.5 Å². The molecule has 138 valence electrons. The first kappa shape index (κ1) is 18.7. The van der Waals surface area contributed by atoms with E-state index in [1.54, 1.807) is 34.9 Å². The maximum atomic E-state index is 13.4. The average Bonchev–Trinajstić information content (AvgIpc) is 2.98.